The van der Waals surface area contributed by atoms with Gasteiger partial charge in [-0.1, -0.05) is 42.5 Å². The van der Waals surface area contributed by atoms with Crippen molar-refractivity contribution >= 4 is 11.9 Å². The second-order valence-electron chi connectivity index (χ2n) is 6.34. The number of hydrogen-bond donors (Lipinski definition) is 1. The summed E-state index contributed by atoms with van der Waals surface area (Å²) in [6.45, 7) is 0.817. The molecular weight excluding hydrogens is 330 g/mol. The molecule has 1 fully saturated rings. The molecule has 0 aromatic heterocycles. The third-order valence-electron chi connectivity index (χ3n) is 4.48. The number of nitrogens with one attached hydrogen (secondary N) is 1. The van der Waals surface area contributed by atoms with Crippen molar-refractivity contribution in [1.82, 2.24) is 15.1 Å². The van der Waals surface area contributed by atoms with E-state index in [0.717, 1.165) is 16.9 Å². The maximum atomic E-state index is 12.3. The molecule has 3 amide bonds. The van der Waals surface area contributed by atoms with Gasteiger partial charge in [-0.3, -0.25) is 9.69 Å². The van der Waals surface area contributed by atoms with E-state index in [4.69, 9.17) is 4.74 Å². The van der Waals surface area contributed by atoms with Gasteiger partial charge in [-0.2, -0.15) is 0 Å². The number of likely N-dealkylation sites (N-methyl/N-ethyl adjacent to an activating group) is 1. The highest BCUT2D eigenvalue weighted by Gasteiger charge is 2.38. The van der Waals surface area contributed by atoms with Gasteiger partial charge in [0.1, 0.15) is 18.4 Å². The fourth-order valence-corrected chi connectivity index (χ4v) is 3.02. The van der Waals surface area contributed by atoms with Crippen molar-refractivity contribution in [3.8, 4) is 5.75 Å². The van der Waals surface area contributed by atoms with E-state index in [0.29, 0.717) is 19.7 Å². The average molecular weight is 353 g/mol. The van der Waals surface area contributed by atoms with Crippen molar-refractivity contribution in [2.24, 2.45) is 0 Å². The highest BCUT2D eigenvalue weighted by atomic mass is 16.5. The van der Waals surface area contributed by atoms with Crippen LogP contribution in [0.15, 0.2) is 54.6 Å². The molecule has 1 aliphatic heterocycles. The van der Waals surface area contributed by atoms with E-state index in [1.165, 1.54) is 0 Å². The molecule has 2 aromatic carbocycles. The molecule has 0 bridgehead atoms. The van der Waals surface area contributed by atoms with E-state index in [-0.39, 0.29) is 11.9 Å². The third kappa shape index (κ3) is 3.96. The fourth-order valence-electron chi connectivity index (χ4n) is 3.02. The molecule has 1 N–H and O–H groups in total. The Balaban J connectivity index is 1.63. The Hall–Kier alpha value is -3.02. The van der Waals surface area contributed by atoms with Gasteiger partial charge in [0.05, 0.1) is 6.67 Å². The lowest BCUT2D eigenvalue weighted by atomic mass is 10.0. The van der Waals surface area contributed by atoms with E-state index in [9.17, 15) is 9.59 Å². The van der Waals surface area contributed by atoms with Gasteiger partial charge in [0.15, 0.2) is 0 Å². The average Bonchev–Trinajstić information content (AvgIpc) is 2.96. The number of rotatable bonds is 5. The molecule has 6 heteroatoms. The van der Waals surface area contributed by atoms with Crippen LogP contribution in [0.2, 0.25) is 0 Å². The SMILES string of the molecule is CNC(=O)N1CN(C)C(=O)[C@@H]1Cc1ccc(OCc2ccccc2)cc1. The van der Waals surface area contributed by atoms with E-state index >= 15 is 0 Å². The van der Waals surface area contributed by atoms with Gasteiger partial charge in [-0.05, 0) is 23.3 Å². The number of nitrogens with zero attached hydrogens (tertiary/aromatic N) is 2. The van der Waals surface area contributed by atoms with Gasteiger partial charge in [0.2, 0.25) is 5.91 Å². The first kappa shape index (κ1) is 17.8. The van der Waals surface area contributed by atoms with E-state index in [1.54, 1.807) is 23.9 Å². The number of hydrogen-bond acceptors (Lipinski definition) is 3. The normalized spacial score (nSPS) is 16.7. The van der Waals surface area contributed by atoms with Crippen molar-refractivity contribution in [2.75, 3.05) is 20.8 Å². The van der Waals surface area contributed by atoms with Gasteiger partial charge in [0.25, 0.3) is 0 Å². The zero-order valence-electron chi connectivity index (χ0n) is 15.0. The van der Waals surface area contributed by atoms with Crippen molar-refractivity contribution in [1.29, 1.82) is 0 Å². The Morgan fingerprint density at radius 1 is 1.12 bits per heavy atom. The maximum absolute atomic E-state index is 12.3. The molecule has 0 saturated carbocycles. The standard InChI is InChI=1S/C20H23N3O3/c1-21-20(25)23-14-22(2)19(24)18(23)12-15-8-10-17(11-9-15)26-13-16-6-4-3-5-7-16/h3-11,18H,12-14H2,1-2H3,(H,21,25)/t18-/m0/s1. The number of ether oxygens (including phenoxy) is 1. The number of urea groups is 1. The van der Waals surface area contributed by atoms with Gasteiger partial charge in [0, 0.05) is 20.5 Å². The molecule has 136 valence electrons. The first-order chi connectivity index (χ1) is 12.6. The summed E-state index contributed by atoms with van der Waals surface area (Å²) in [7, 11) is 3.28. The molecule has 6 nitrogen and oxygen atoms in total. The largest absolute Gasteiger partial charge is 0.489 e. The molecule has 0 spiro atoms. The van der Waals surface area contributed by atoms with Crippen LogP contribution < -0.4 is 10.1 Å². The van der Waals surface area contributed by atoms with E-state index in [2.05, 4.69) is 5.32 Å². The van der Waals surface area contributed by atoms with Gasteiger partial charge >= 0.3 is 6.03 Å². The van der Waals surface area contributed by atoms with Gasteiger partial charge in [-0.25, -0.2) is 4.79 Å². The predicted molar refractivity (Wildman–Crippen MR) is 98.6 cm³/mol. The smallest absolute Gasteiger partial charge is 0.319 e. The highest BCUT2D eigenvalue weighted by Crippen LogP contribution is 2.20. The molecule has 0 unspecified atom stereocenters. The molecule has 0 aliphatic carbocycles. The maximum Gasteiger partial charge on any atom is 0.319 e. The van der Waals surface area contributed by atoms with Crippen LogP contribution in [0.1, 0.15) is 11.1 Å². The van der Waals surface area contributed by atoms with Crippen LogP contribution in [0, 0.1) is 0 Å². The summed E-state index contributed by atoms with van der Waals surface area (Å²) < 4.78 is 5.78. The van der Waals surface area contributed by atoms with Crippen LogP contribution in [0.3, 0.4) is 0 Å². The van der Waals surface area contributed by atoms with Crippen molar-refractivity contribution < 1.29 is 14.3 Å². The molecule has 26 heavy (non-hydrogen) atoms. The Kier molecular flexibility index (Phi) is 5.41. The summed E-state index contributed by atoms with van der Waals surface area (Å²) in [6, 6.07) is 16.9. The Labute approximate surface area is 153 Å². The Morgan fingerprint density at radius 3 is 2.46 bits per heavy atom. The number of carbonyl (C=O) groups is 2. The molecule has 0 radical (unpaired) electrons. The molecular formula is C20H23N3O3. The Morgan fingerprint density at radius 2 is 1.81 bits per heavy atom. The molecule has 1 heterocycles. The lowest BCUT2D eigenvalue weighted by Crippen LogP contribution is -2.44. The topological polar surface area (TPSA) is 61.9 Å². The lowest BCUT2D eigenvalue weighted by molar-refractivity contribution is -0.128. The molecule has 1 saturated heterocycles. The second kappa shape index (κ2) is 7.91. The lowest BCUT2D eigenvalue weighted by Gasteiger charge is -2.21. The van der Waals surface area contributed by atoms with Crippen LogP contribution in [-0.4, -0.2) is 48.5 Å². The Bertz CT molecular complexity index is 762. The zero-order valence-corrected chi connectivity index (χ0v) is 15.0. The summed E-state index contributed by atoms with van der Waals surface area (Å²) in [5, 5.41) is 2.59. The summed E-state index contributed by atoms with van der Waals surface area (Å²) in [5.74, 6) is 0.730. The molecule has 1 atom stereocenters. The molecule has 3 rings (SSSR count). The quantitative estimate of drug-likeness (QED) is 0.897. The first-order valence-electron chi connectivity index (χ1n) is 8.57. The highest BCUT2D eigenvalue weighted by molar-refractivity contribution is 5.90. The summed E-state index contributed by atoms with van der Waals surface area (Å²) in [4.78, 5) is 27.5. The minimum absolute atomic E-state index is 0.0435. The van der Waals surface area contributed by atoms with Gasteiger partial charge < -0.3 is 15.0 Å². The van der Waals surface area contributed by atoms with Crippen LogP contribution in [0.5, 0.6) is 5.75 Å². The number of benzene rings is 2. The van der Waals surface area contributed by atoms with Crippen molar-refractivity contribution in [3.63, 3.8) is 0 Å². The zero-order chi connectivity index (χ0) is 18.5. The predicted octanol–water partition coefficient (Wildman–Crippen LogP) is 2.25. The third-order valence-corrected chi connectivity index (χ3v) is 4.48. The summed E-state index contributed by atoms with van der Waals surface area (Å²) in [6.07, 6.45) is 0.482. The second-order valence-corrected chi connectivity index (χ2v) is 6.34. The number of amides is 3. The monoisotopic (exact) mass is 353 g/mol. The van der Waals surface area contributed by atoms with Crippen LogP contribution in [0.4, 0.5) is 4.79 Å². The first-order valence-corrected chi connectivity index (χ1v) is 8.57. The summed E-state index contributed by atoms with van der Waals surface area (Å²) >= 11 is 0. The van der Waals surface area contributed by atoms with Crippen LogP contribution >= 0.6 is 0 Å². The van der Waals surface area contributed by atoms with Crippen LogP contribution in [0.25, 0.3) is 0 Å². The van der Waals surface area contributed by atoms with Gasteiger partial charge in [-0.15, -0.1) is 0 Å². The fraction of sp³-hybridized carbons (Fsp3) is 0.300. The van der Waals surface area contributed by atoms with E-state index < -0.39 is 6.04 Å². The minimum atomic E-state index is -0.476. The number of carbonyl (C=O) groups excluding carboxylic acids is 2. The van der Waals surface area contributed by atoms with E-state index in [1.807, 2.05) is 54.6 Å². The minimum Gasteiger partial charge on any atom is -0.489 e. The van der Waals surface area contributed by atoms with Crippen molar-refractivity contribution in [3.05, 3.63) is 65.7 Å². The van der Waals surface area contributed by atoms with Crippen LogP contribution in [-0.2, 0) is 17.8 Å². The summed E-state index contributed by atoms with van der Waals surface area (Å²) in [5.41, 5.74) is 2.09. The molecule has 1 aliphatic rings. The molecule has 2 aromatic rings. The van der Waals surface area contributed by atoms with Crippen molar-refractivity contribution in [2.45, 2.75) is 19.1 Å².